The van der Waals surface area contributed by atoms with Gasteiger partial charge >= 0.3 is 6.03 Å². The maximum Gasteiger partial charge on any atom is 0.375 e. The zero-order valence-corrected chi connectivity index (χ0v) is 8.14. The lowest BCUT2D eigenvalue weighted by Gasteiger charge is -2.03. The van der Waals surface area contributed by atoms with Crippen LogP contribution in [0.25, 0.3) is 0 Å². The molecule has 0 saturated heterocycles. The Morgan fingerprint density at radius 2 is 2.13 bits per heavy atom. The first kappa shape index (κ1) is 9.37. The quantitative estimate of drug-likeness (QED) is 0.570. The molecule has 0 aliphatic rings. The third-order valence-corrected chi connectivity index (χ3v) is 1.74. The van der Waals surface area contributed by atoms with E-state index in [9.17, 15) is 4.79 Å². The van der Waals surface area contributed by atoms with Crippen LogP contribution in [0.15, 0.2) is 6.33 Å². The van der Waals surface area contributed by atoms with E-state index in [0.717, 1.165) is 9.36 Å². The molecule has 0 N–H and O–H groups in total. The second kappa shape index (κ2) is 3.52. The molecule has 2 rings (SSSR count). The van der Waals surface area contributed by atoms with Crippen LogP contribution in [0.1, 0.15) is 25.6 Å². The van der Waals surface area contributed by atoms with Crippen molar-refractivity contribution in [1.29, 1.82) is 0 Å². The topological polar surface area (TPSA) is 104 Å². The molecule has 0 amide bonds. The van der Waals surface area contributed by atoms with E-state index in [1.54, 1.807) is 0 Å². The van der Waals surface area contributed by atoms with Crippen molar-refractivity contribution in [3.8, 4) is 0 Å². The molecule has 0 aromatic carbocycles. The highest BCUT2D eigenvalue weighted by Crippen LogP contribution is 2.08. The summed E-state index contributed by atoms with van der Waals surface area (Å²) in [6.07, 6.45) is 1.19. The van der Waals surface area contributed by atoms with Crippen molar-refractivity contribution in [2.24, 2.45) is 0 Å². The molecular formula is C6H8N8O. The highest BCUT2D eigenvalue weighted by molar-refractivity contribution is 5.77. The third kappa shape index (κ3) is 1.58. The van der Waals surface area contributed by atoms with Crippen molar-refractivity contribution in [2.45, 2.75) is 19.8 Å². The summed E-state index contributed by atoms with van der Waals surface area (Å²) in [6.45, 7) is 3.77. The summed E-state index contributed by atoms with van der Waals surface area (Å²) < 4.78 is 2.03. The molecule has 2 heterocycles. The van der Waals surface area contributed by atoms with Crippen molar-refractivity contribution < 1.29 is 4.79 Å². The average molecular weight is 208 g/mol. The van der Waals surface area contributed by atoms with Gasteiger partial charge in [-0.1, -0.05) is 13.8 Å². The first-order valence-electron chi connectivity index (χ1n) is 4.26. The highest BCUT2D eigenvalue weighted by atomic mass is 16.2. The maximum atomic E-state index is 11.7. The number of rotatable bonds is 1. The maximum absolute atomic E-state index is 11.7. The molecular weight excluding hydrogens is 200 g/mol. The van der Waals surface area contributed by atoms with Crippen molar-refractivity contribution in [3.63, 3.8) is 0 Å². The van der Waals surface area contributed by atoms with E-state index in [0.29, 0.717) is 5.82 Å². The number of tetrazole rings is 2. The van der Waals surface area contributed by atoms with Crippen molar-refractivity contribution in [3.05, 3.63) is 12.2 Å². The molecule has 78 valence electrons. The third-order valence-electron chi connectivity index (χ3n) is 1.74. The Morgan fingerprint density at radius 3 is 2.73 bits per heavy atom. The normalized spacial score (nSPS) is 10.9. The van der Waals surface area contributed by atoms with Gasteiger partial charge in [0.1, 0.15) is 6.33 Å². The molecule has 9 heteroatoms. The Morgan fingerprint density at radius 1 is 1.33 bits per heavy atom. The van der Waals surface area contributed by atoms with Gasteiger partial charge in [0, 0.05) is 5.92 Å². The van der Waals surface area contributed by atoms with E-state index in [2.05, 4.69) is 31.1 Å². The molecule has 2 aromatic heterocycles. The fourth-order valence-electron chi connectivity index (χ4n) is 1.04. The van der Waals surface area contributed by atoms with E-state index in [1.807, 2.05) is 13.8 Å². The van der Waals surface area contributed by atoms with Crippen LogP contribution >= 0.6 is 0 Å². The molecule has 0 bridgehead atoms. The first-order chi connectivity index (χ1) is 7.20. The molecule has 0 unspecified atom stereocenters. The summed E-state index contributed by atoms with van der Waals surface area (Å²) in [5.41, 5.74) is 0. The van der Waals surface area contributed by atoms with Gasteiger partial charge < -0.3 is 0 Å². The van der Waals surface area contributed by atoms with Crippen LogP contribution in [0, 0.1) is 0 Å². The lowest BCUT2D eigenvalue weighted by atomic mass is 10.2. The molecule has 0 saturated carbocycles. The van der Waals surface area contributed by atoms with Crippen LogP contribution in [-0.4, -0.2) is 46.4 Å². The van der Waals surface area contributed by atoms with Crippen molar-refractivity contribution >= 4 is 6.03 Å². The van der Waals surface area contributed by atoms with E-state index < -0.39 is 6.03 Å². The van der Waals surface area contributed by atoms with Crippen LogP contribution in [0.3, 0.4) is 0 Å². The number of carbonyl (C=O) groups is 1. The smallest absolute Gasteiger partial charge is 0.243 e. The van der Waals surface area contributed by atoms with Gasteiger partial charge in [-0.25, -0.2) is 4.79 Å². The molecule has 2 aromatic rings. The molecule has 9 nitrogen and oxygen atoms in total. The van der Waals surface area contributed by atoms with E-state index in [1.165, 1.54) is 6.33 Å². The minimum Gasteiger partial charge on any atom is -0.243 e. The molecule has 15 heavy (non-hydrogen) atoms. The standard InChI is InChI=1S/C6H8N8O/c1-4(2)5-8-10-12-14(5)6(15)13-3-7-9-11-13/h3-4H,1-2H3. The minimum atomic E-state index is -0.506. The number of carbonyl (C=O) groups excluding carboxylic acids is 1. The highest BCUT2D eigenvalue weighted by Gasteiger charge is 2.18. The van der Waals surface area contributed by atoms with Gasteiger partial charge in [0.15, 0.2) is 5.82 Å². The lowest BCUT2D eigenvalue weighted by molar-refractivity contribution is 0.236. The van der Waals surface area contributed by atoms with Crippen molar-refractivity contribution in [2.75, 3.05) is 0 Å². The molecule has 0 radical (unpaired) electrons. The number of hydrogen-bond acceptors (Lipinski definition) is 7. The summed E-state index contributed by atoms with van der Waals surface area (Å²) in [5.74, 6) is 0.510. The fourth-order valence-corrected chi connectivity index (χ4v) is 1.04. The summed E-state index contributed by atoms with van der Waals surface area (Å²) in [7, 11) is 0. The second-order valence-electron chi connectivity index (χ2n) is 3.14. The average Bonchev–Trinajstić information content (AvgIpc) is 2.88. The van der Waals surface area contributed by atoms with E-state index >= 15 is 0 Å². The molecule has 0 atom stereocenters. The predicted octanol–water partition coefficient (Wildman–Crippen LogP) is -0.701. The molecule has 0 aliphatic carbocycles. The van der Waals surface area contributed by atoms with Gasteiger partial charge in [0.2, 0.25) is 0 Å². The fraction of sp³-hybridized carbons (Fsp3) is 0.500. The van der Waals surface area contributed by atoms with Gasteiger partial charge in [-0.15, -0.1) is 19.6 Å². The number of aromatic nitrogens is 8. The van der Waals surface area contributed by atoms with Gasteiger partial charge in [-0.05, 0) is 20.9 Å². The zero-order valence-electron chi connectivity index (χ0n) is 8.14. The summed E-state index contributed by atoms with van der Waals surface area (Å²) >= 11 is 0. The lowest BCUT2D eigenvalue weighted by Crippen LogP contribution is -2.24. The Kier molecular flexibility index (Phi) is 2.20. The Balaban J connectivity index is 2.38. The van der Waals surface area contributed by atoms with Gasteiger partial charge in [0.25, 0.3) is 0 Å². The van der Waals surface area contributed by atoms with Crippen LogP contribution in [0.5, 0.6) is 0 Å². The van der Waals surface area contributed by atoms with Crippen LogP contribution in [-0.2, 0) is 0 Å². The van der Waals surface area contributed by atoms with Crippen LogP contribution < -0.4 is 0 Å². The van der Waals surface area contributed by atoms with E-state index in [-0.39, 0.29) is 5.92 Å². The SMILES string of the molecule is CC(C)c1nnnn1C(=O)n1cnnn1. The molecule has 0 spiro atoms. The zero-order chi connectivity index (χ0) is 10.8. The summed E-state index contributed by atoms with van der Waals surface area (Å²) in [4.78, 5) is 11.7. The Bertz CT molecular complexity index is 457. The molecule has 0 aliphatic heterocycles. The minimum absolute atomic E-state index is 0.0421. The molecule has 0 fully saturated rings. The monoisotopic (exact) mass is 208 g/mol. The second-order valence-corrected chi connectivity index (χ2v) is 3.14. The Labute approximate surface area is 84.1 Å². The first-order valence-corrected chi connectivity index (χ1v) is 4.26. The van der Waals surface area contributed by atoms with Crippen LogP contribution in [0.4, 0.5) is 4.79 Å². The van der Waals surface area contributed by atoms with Gasteiger partial charge in [0.05, 0.1) is 0 Å². The summed E-state index contributed by atoms with van der Waals surface area (Å²) in [5, 5.41) is 20.9. The van der Waals surface area contributed by atoms with Crippen molar-refractivity contribution in [1.82, 2.24) is 40.4 Å². The number of hydrogen-bond donors (Lipinski definition) is 0. The largest absolute Gasteiger partial charge is 0.375 e. The number of nitrogens with zero attached hydrogens (tertiary/aromatic N) is 8. The summed E-state index contributed by atoms with van der Waals surface area (Å²) in [6, 6.07) is -0.506. The predicted molar refractivity (Wildman–Crippen MR) is 45.9 cm³/mol. The van der Waals surface area contributed by atoms with Gasteiger partial charge in [-0.3, -0.25) is 0 Å². The van der Waals surface area contributed by atoms with Gasteiger partial charge in [-0.2, -0.15) is 0 Å². The van der Waals surface area contributed by atoms with E-state index in [4.69, 9.17) is 0 Å². The van der Waals surface area contributed by atoms with Crippen LogP contribution in [0.2, 0.25) is 0 Å². The Hall–Kier alpha value is -2.19.